The summed E-state index contributed by atoms with van der Waals surface area (Å²) >= 11 is 0. The quantitative estimate of drug-likeness (QED) is 0.0632. The van der Waals surface area contributed by atoms with Crippen molar-refractivity contribution in [3.63, 3.8) is 0 Å². The zero-order chi connectivity index (χ0) is 33.3. The summed E-state index contributed by atoms with van der Waals surface area (Å²) < 4.78 is 0. The van der Waals surface area contributed by atoms with Gasteiger partial charge < -0.3 is 44.0 Å². The molecule has 5 aliphatic carbocycles. The van der Waals surface area contributed by atoms with Crippen molar-refractivity contribution in [3.8, 4) is 0 Å². The van der Waals surface area contributed by atoms with Crippen LogP contribution in [-0.2, 0) is 19.2 Å². The van der Waals surface area contributed by atoms with Crippen molar-refractivity contribution in [1.29, 1.82) is 0 Å². The number of hydrogen-bond acceptors (Lipinski definition) is 6. The highest BCUT2D eigenvalue weighted by Crippen LogP contribution is 2.60. The van der Waals surface area contributed by atoms with Crippen molar-refractivity contribution in [3.05, 3.63) is 0 Å². The van der Waals surface area contributed by atoms with Crippen molar-refractivity contribution in [2.45, 2.75) is 121 Å². The monoisotopic (exact) mass is 645 g/mol. The van der Waals surface area contributed by atoms with Crippen LogP contribution in [0.1, 0.15) is 103 Å². The molecule has 0 aromatic carbocycles. The van der Waals surface area contributed by atoms with Gasteiger partial charge in [0.05, 0.1) is 0 Å². The number of nitrogens with one attached hydrogen (secondary N) is 3. The lowest BCUT2D eigenvalue weighted by Crippen LogP contribution is -2.59. The Hall–Kier alpha value is -3.58. The molecule has 5 rings (SSSR count). The Kier molecular flexibility index (Phi) is 12.5. The van der Waals surface area contributed by atoms with E-state index in [1.165, 1.54) is 25.7 Å². The fraction of sp³-hybridized carbons (Fsp3) is 0.812. The molecule has 0 aromatic rings. The Balaban J connectivity index is 1.47. The maximum Gasteiger partial charge on any atom is 0.326 e. The van der Waals surface area contributed by atoms with E-state index in [4.69, 9.17) is 22.9 Å². The second-order valence-electron chi connectivity index (χ2n) is 14.3. The molecule has 0 aromatic heterocycles. The second-order valence-corrected chi connectivity index (χ2v) is 14.3. The maximum atomic E-state index is 14.0. The first-order valence-corrected chi connectivity index (χ1v) is 17.2. The van der Waals surface area contributed by atoms with Gasteiger partial charge in [-0.1, -0.05) is 32.1 Å². The van der Waals surface area contributed by atoms with Gasteiger partial charge in [0.25, 0.3) is 0 Å². The average Bonchev–Trinajstić information content (AvgIpc) is 2.99. The fourth-order valence-electron chi connectivity index (χ4n) is 8.77. The van der Waals surface area contributed by atoms with Crippen LogP contribution in [-0.4, -0.2) is 71.9 Å². The van der Waals surface area contributed by atoms with Crippen molar-refractivity contribution < 1.29 is 24.3 Å². The first kappa shape index (κ1) is 35.3. The summed E-state index contributed by atoms with van der Waals surface area (Å²) in [5.41, 5.74) is 21.2. The van der Waals surface area contributed by atoms with E-state index in [0.717, 1.165) is 44.9 Å². The van der Waals surface area contributed by atoms with Gasteiger partial charge in [0.2, 0.25) is 17.7 Å². The fourth-order valence-corrected chi connectivity index (χ4v) is 8.77. The molecule has 14 heteroatoms. The molecule has 0 heterocycles. The number of hydrogen-bond donors (Lipinski definition) is 8. The van der Waals surface area contributed by atoms with Crippen LogP contribution in [0.25, 0.3) is 0 Å². The topological polar surface area (TPSA) is 253 Å². The number of amides is 3. The predicted octanol–water partition coefficient (Wildman–Crippen LogP) is 0.819. The number of carbonyl (C=O) groups excluding carboxylic acids is 3. The van der Waals surface area contributed by atoms with Crippen LogP contribution in [0.4, 0.5) is 0 Å². The van der Waals surface area contributed by atoms with E-state index in [1.54, 1.807) is 0 Å². The Morgan fingerprint density at radius 1 is 0.696 bits per heavy atom. The third kappa shape index (κ3) is 9.96. The normalized spacial score (nSPS) is 27.1. The first-order valence-electron chi connectivity index (χ1n) is 17.2. The largest absolute Gasteiger partial charge is 0.480 e. The van der Waals surface area contributed by atoms with Gasteiger partial charge in [0.1, 0.15) is 18.1 Å². The number of nitrogens with zero attached hydrogens (tertiary/aromatic N) is 2. The number of rotatable bonds is 17. The SMILES string of the molecule is NC(N)=NCCC[C@@H](NC(=O)[C@@H](CCCN=C(N)N)NC(=O)[C@H](CC1CCCCC1)NC(=O)C12CC3CC(CC(C3)C1)C2)C(=O)O. The van der Waals surface area contributed by atoms with Crippen molar-refractivity contribution >= 4 is 35.6 Å². The van der Waals surface area contributed by atoms with E-state index in [1.807, 2.05) is 0 Å². The van der Waals surface area contributed by atoms with E-state index >= 15 is 0 Å². The molecule has 46 heavy (non-hydrogen) atoms. The van der Waals surface area contributed by atoms with E-state index in [0.29, 0.717) is 42.9 Å². The molecular weight excluding hydrogens is 590 g/mol. The zero-order valence-electron chi connectivity index (χ0n) is 27.1. The molecule has 0 unspecified atom stereocenters. The summed E-state index contributed by atoms with van der Waals surface area (Å²) in [5, 5.41) is 18.4. The Labute approximate surface area is 271 Å². The molecule has 258 valence electrons. The van der Waals surface area contributed by atoms with Gasteiger partial charge in [-0.25, -0.2) is 4.79 Å². The standard InChI is InChI=1S/C32H55N9O5/c33-30(34)37-10-4-8-23(26(42)40-24(28(44)45)9-5-11-38-31(35)36)39-27(43)25(15-19-6-2-1-3-7-19)41-29(46)32-16-20-12-21(17-32)14-22(13-20)18-32/h19-25H,1-18H2,(H,39,43)(H,40,42)(H,41,46)(H,44,45)(H4,33,34,37)(H4,35,36,38)/t20?,21?,22?,23-,24-,25+,32?/m1/s1. The summed E-state index contributed by atoms with van der Waals surface area (Å²) in [4.78, 5) is 61.4. The lowest BCUT2D eigenvalue weighted by atomic mass is 9.49. The van der Waals surface area contributed by atoms with Crippen LogP contribution in [0.2, 0.25) is 0 Å². The van der Waals surface area contributed by atoms with Crippen LogP contribution in [0.5, 0.6) is 0 Å². The number of aliphatic carboxylic acids is 1. The summed E-state index contributed by atoms with van der Waals surface area (Å²) in [7, 11) is 0. The lowest BCUT2D eigenvalue weighted by Gasteiger charge is -2.55. The molecule has 5 aliphatic rings. The molecular formula is C32H55N9O5. The summed E-state index contributed by atoms with van der Waals surface area (Å²) in [6, 6.07) is -3.04. The highest BCUT2D eigenvalue weighted by molar-refractivity contribution is 5.94. The Morgan fingerprint density at radius 3 is 1.67 bits per heavy atom. The molecule has 0 radical (unpaired) electrons. The molecule has 0 saturated heterocycles. The van der Waals surface area contributed by atoms with Crippen molar-refractivity contribution in [2.24, 2.45) is 62.0 Å². The zero-order valence-corrected chi connectivity index (χ0v) is 27.1. The molecule has 0 spiro atoms. The third-order valence-corrected chi connectivity index (χ3v) is 10.6. The molecule has 5 fully saturated rings. The van der Waals surface area contributed by atoms with Gasteiger partial charge >= 0.3 is 5.97 Å². The van der Waals surface area contributed by atoms with E-state index in [-0.39, 0.29) is 43.8 Å². The van der Waals surface area contributed by atoms with Gasteiger partial charge in [-0.15, -0.1) is 0 Å². The predicted molar refractivity (Wildman–Crippen MR) is 175 cm³/mol. The molecule has 3 atom stereocenters. The van der Waals surface area contributed by atoms with Gasteiger partial charge in [0.15, 0.2) is 11.9 Å². The molecule has 0 aliphatic heterocycles. The Bertz CT molecular complexity index is 1110. The highest BCUT2D eigenvalue weighted by atomic mass is 16.4. The van der Waals surface area contributed by atoms with Crippen molar-refractivity contribution in [1.82, 2.24) is 16.0 Å². The van der Waals surface area contributed by atoms with E-state index in [9.17, 15) is 24.3 Å². The minimum atomic E-state index is -1.21. The number of carbonyl (C=O) groups is 4. The second kappa shape index (κ2) is 16.3. The van der Waals surface area contributed by atoms with Crippen molar-refractivity contribution in [2.75, 3.05) is 13.1 Å². The minimum Gasteiger partial charge on any atom is -0.480 e. The smallest absolute Gasteiger partial charge is 0.326 e. The van der Waals surface area contributed by atoms with Gasteiger partial charge in [0, 0.05) is 18.5 Å². The molecule has 4 bridgehead atoms. The molecule has 5 saturated carbocycles. The van der Waals surface area contributed by atoms with Crippen LogP contribution in [0, 0.1) is 29.1 Å². The average molecular weight is 646 g/mol. The summed E-state index contributed by atoms with van der Waals surface area (Å²) in [5.74, 6) is -0.412. The lowest BCUT2D eigenvalue weighted by molar-refractivity contribution is -0.149. The maximum absolute atomic E-state index is 14.0. The number of carboxylic acid groups (broad SMARTS) is 1. The molecule has 3 amide bonds. The van der Waals surface area contributed by atoms with E-state index < -0.39 is 41.3 Å². The first-order chi connectivity index (χ1) is 21.9. The van der Waals surface area contributed by atoms with E-state index in [2.05, 4.69) is 25.9 Å². The molecule has 12 N–H and O–H groups in total. The number of carboxylic acids is 1. The van der Waals surface area contributed by atoms with Crippen LogP contribution >= 0.6 is 0 Å². The number of guanidine groups is 2. The number of aliphatic imine (C=N–C) groups is 2. The van der Waals surface area contributed by atoms with Gasteiger partial charge in [-0.3, -0.25) is 24.4 Å². The minimum absolute atomic E-state index is 0.0250. The third-order valence-electron chi connectivity index (χ3n) is 10.6. The molecule has 14 nitrogen and oxygen atoms in total. The van der Waals surface area contributed by atoms with Gasteiger partial charge in [-0.2, -0.15) is 0 Å². The van der Waals surface area contributed by atoms with Crippen LogP contribution < -0.4 is 38.9 Å². The highest BCUT2D eigenvalue weighted by Gasteiger charge is 2.55. The summed E-state index contributed by atoms with van der Waals surface area (Å²) in [6.45, 7) is 0.448. The van der Waals surface area contributed by atoms with Gasteiger partial charge in [-0.05, 0) is 94.3 Å². The van der Waals surface area contributed by atoms with Crippen LogP contribution in [0.15, 0.2) is 9.98 Å². The van der Waals surface area contributed by atoms with Crippen LogP contribution in [0.3, 0.4) is 0 Å². The summed E-state index contributed by atoms with van der Waals surface area (Å²) in [6.07, 6.45) is 13.1. The number of nitrogens with two attached hydrogens (primary N) is 4. The Morgan fingerprint density at radius 2 is 1.17 bits per heavy atom.